The minimum absolute atomic E-state index is 0.00393. The van der Waals surface area contributed by atoms with Crippen molar-refractivity contribution in [2.75, 3.05) is 6.54 Å². The van der Waals surface area contributed by atoms with E-state index in [1.54, 1.807) is 18.3 Å². The summed E-state index contributed by atoms with van der Waals surface area (Å²) >= 11 is 0. The number of benzene rings is 1. The molecule has 5 nitrogen and oxygen atoms in total. The van der Waals surface area contributed by atoms with Gasteiger partial charge >= 0.3 is 5.97 Å². The van der Waals surface area contributed by atoms with Crippen molar-refractivity contribution in [1.29, 1.82) is 0 Å². The van der Waals surface area contributed by atoms with Gasteiger partial charge in [-0.3, -0.25) is 4.79 Å². The van der Waals surface area contributed by atoms with E-state index in [1.165, 1.54) is 12.1 Å². The van der Waals surface area contributed by atoms with E-state index in [4.69, 9.17) is 9.84 Å². The first-order valence-corrected chi connectivity index (χ1v) is 9.07. The Hall–Kier alpha value is -2.54. The van der Waals surface area contributed by atoms with Gasteiger partial charge in [0.05, 0.1) is 0 Å². The van der Waals surface area contributed by atoms with E-state index in [2.05, 4.69) is 10.3 Å². The van der Waals surface area contributed by atoms with Crippen LogP contribution in [0.25, 0.3) is 11.1 Å². The van der Waals surface area contributed by atoms with E-state index in [-0.39, 0.29) is 24.6 Å². The molecule has 0 unspecified atom stereocenters. The number of hydrogen-bond acceptors (Lipinski definition) is 4. The molecule has 2 N–H and O–H groups in total. The third-order valence-corrected chi connectivity index (χ3v) is 4.60. The molecule has 7 heteroatoms. The molecule has 0 aliphatic heterocycles. The SMILES string of the molecule is O=C(O)CCCNCc1c(F)cc(-c2cccnc2OC2CCC2)cc1F. The van der Waals surface area contributed by atoms with Crippen LogP contribution in [0.2, 0.25) is 0 Å². The number of ether oxygens (including phenoxy) is 1. The average molecular weight is 376 g/mol. The van der Waals surface area contributed by atoms with Crippen LogP contribution in [0, 0.1) is 11.6 Å². The topological polar surface area (TPSA) is 71.5 Å². The van der Waals surface area contributed by atoms with Crippen molar-refractivity contribution in [2.24, 2.45) is 0 Å². The number of nitrogens with zero attached hydrogens (tertiary/aromatic N) is 1. The summed E-state index contributed by atoms with van der Waals surface area (Å²) in [5.74, 6) is -1.82. The van der Waals surface area contributed by atoms with Crippen molar-refractivity contribution in [3.8, 4) is 17.0 Å². The highest BCUT2D eigenvalue weighted by molar-refractivity contribution is 5.69. The van der Waals surface area contributed by atoms with Gasteiger partial charge in [-0.1, -0.05) is 0 Å². The molecule has 1 aliphatic carbocycles. The van der Waals surface area contributed by atoms with Gasteiger partial charge in [0.1, 0.15) is 17.7 Å². The van der Waals surface area contributed by atoms with Gasteiger partial charge in [-0.05, 0) is 62.1 Å². The Morgan fingerprint density at radius 3 is 2.67 bits per heavy atom. The molecular weight excluding hydrogens is 354 g/mol. The summed E-state index contributed by atoms with van der Waals surface area (Å²) in [6.07, 6.45) is 5.17. The van der Waals surface area contributed by atoms with Gasteiger partial charge in [0.25, 0.3) is 0 Å². The number of aromatic nitrogens is 1. The number of hydrogen-bond donors (Lipinski definition) is 2. The van der Waals surface area contributed by atoms with Crippen molar-refractivity contribution in [2.45, 2.75) is 44.8 Å². The van der Waals surface area contributed by atoms with Gasteiger partial charge in [-0.2, -0.15) is 0 Å². The largest absolute Gasteiger partial charge is 0.481 e. The van der Waals surface area contributed by atoms with E-state index in [9.17, 15) is 13.6 Å². The highest BCUT2D eigenvalue weighted by atomic mass is 19.1. The molecule has 1 aromatic heterocycles. The maximum atomic E-state index is 14.5. The van der Waals surface area contributed by atoms with Crippen molar-refractivity contribution in [1.82, 2.24) is 10.3 Å². The van der Waals surface area contributed by atoms with Gasteiger partial charge in [0.15, 0.2) is 0 Å². The molecule has 1 heterocycles. The van der Waals surface area contributed by atoms with Crippen molar-refractivity contribution in [3.05, 3.63) is 47.7 Å². The van der Waals surface area contributed by atoms with Crippen LogP contribution in [-0.2, 0) is 11.3 Å². The fourth-order valence-electron chi connectivity index (χ4n) is 2.86. The zero-order valence-electron chi connectivity index (χ0n) is 14.9. The monoisotopic (exact) mass is 376 g/mol. The Morgan fingerprint density at radius 1 is 1.30 bits per heavy atom. The van der Waals surface area contributed by atoms with E-state index in [0.717, 1.165) is 19.3 Å². The Bertz CT molecular complexity index is 787. The number of halogens is 2. The van der Waals surface area contributed by atoms with Crippen LogP contribution in [0.4, 0.5) is 8.78 Å². The smallest absolute Gasteiger partial charge is 0.303 e. The maximum Gasteiger partial charge on any atom is 0.303 e. The first-order valence-electron chi connectivity index (χ1n) is 9.07. The third-order valence-electron chi connectivity index (χ3n) is 4.60. The van der Waals surface area contributed by atoms with Crippen molar-refractivity contribution in [3.63, 3.8) is 0 Å². The molecule has 0 amide bonds. The molecule has 1 fully saturated rings. The molecule has 27 heavy (non-hydrogen) atoms. The van der Waals surface area contributed by atoms with E-state index >= 15 is 0 Å². The van der Waals surface area contributed by atoms with Gasteiger partial charge in [0, 0.05) is 30.3 Å². The molecule has 0 atom stereocenters. The fraction of sp³-hybridized carbons (Fsp3) is 0.400. The molecule has 144 valence electrons. The summed E-state index contributed by atoms with van der Waals surface area (Å²) in [6.45, 7) is 0.366. The highest BCUT2D eigenvalue weighted by Crippen LogP contribution is 2.33. The van der Waals surface area contributed by atoms with Crippen LogP contribution in [-0.4, -0.2) is 28.7 Å². The van der Waals surface area contributed by atoms with E-state index < -0.39 is 17.6 Å². The van der Waals surface area contributed by atoms with Crippen LogP contribution in [0.1, 0.15) is 37.7 Å². The lowest BCUT2D eigenvalue weighted by Crippen LogP contribution is -2.25. The fourth-order valence-corrected chi connectivity index (χ4v) is 2.86. The summed E-state index contributed by atoms with van der Waals surface area (Å²) in [4.78, 5) is 14.7. The predicted molar refractivity (Wildman–Crippen MR) is 96.4 cm³/mol. The first kappa shape index (κ1) is 19.2. The number of pyridine rings is 1. The van der Waals surface area contributed by atoms with Gasteiger partial charge in [0.2, 0.25) is 5.88 Å². The number of carboxylic acids is 1. The molecule has 0 bridgehead atoms. The first-order chi connectivity index (χ1) is 13.0. The van der Waals surface area contributed by atoms with Crippen LogP contribution in [0.5, 0.6) is 5.88 Å². The third kappa shape index (κ3) is 5.01. The Labute approximate surface area is 156 Å². The average Bonchev–Trinajstić information content (AvgIpc) is 2.60. The normalized spacial score (nSPS) is 14.0. The highest BCUT2D eigenvalue weighted by Gasteiger charge is 2.22. The van der Waals surface area contributed by atoms with E-state index in [0.29, 0.717) is 30.0 Å². The van der Waals surface area contributed by atoms with Gasteiger partial charge < -0.3 is 15.2 Å². The summed E-state index contributed by atoms with van der Waals surface area (Å²) in [5.41, 5.74) is 0.865. The summed E-state index contributed by atoms with van der Waals surface area (Å²) < 4.78 is 34.8. The molecule has 1 aromatic carbocycles. The summed E-state index contributed by atoms with van der Waals surface area (Å²) in [5, 5.41) is 11.5. The molecule has 3 rings (SSSR count). The van der Waals surface area contributed by atoms with E-state index in [1.807, 2.05) is 0 Å². The lowest BCUT2D eigenvalue weighted by molar-refractivity contribution is -0.137. The number of aliphatic carboxylic acids is 1. The van der Waals surface area contributed by atoms with Gasteiger partial charge in [-0.25, -0.2) is 13.8 Å². The van der Waals surface area contributed by atoms with Crippen LogP contribution in [0.15, 0.2) is 30.5 Å². The zero-order chi connectivity index (χ0) is 19.2. The summed E-state index contributed by atoms with van der Waals surface area (Å²) in [7, 11) is 0. The molecular formula is C20H22F2N2O3. The Kier molecular flexibility index (Phi) is 6.34. The molecule has 1 aliphatic rings. The predicted octanol–water partition coefficient (Wildman–Crippen LogP) is 3.91. The van der Waals surface area contributed by atoms with Crippen molar-refractivity contribution >= 4 is 5.97 Å². The zero-order valence-corrected chi connectivity index (χ0v) is 14.9. The number of carbonyl (C=O) groups is 1. The standard InChI is InChI=1S/C20H22F2N2O3/c21-17-10-13(11-18(22)16(17)12-23-8-3-7-19(25)26)15-6-2-9-24-20(15)27-14-4-1-5-14/h2,6,9-11,14,23H,1,3-5,7-8,12H2,(H,25,26). The quantitative estimate of drug-likeness (QED) is 0.649. The number of carboxylic acid groups (broad SMARTS) is 1. The molecule has 0 saturated heterocycles. The lowest BCUT2D eigenvalue weighted by Gasteiger charge is -2.26. The van der Waals surface area contributed by atoms with Crippen LogP contribution >= 0.6 is 0 Å². The minimum Gasteiger partial charge on any atom is -0.481 e. The molecule has 0 radical (unpaired) electrons. The second-order valence-electron chi connectivity index (χ2n) is 6.62. The lowest BCUT2D eigenvalue weighted by atomic mass is 9.96. The Balaban J connectivity index is 1.72. The van der Waals surface area contributed by atoms with Crippen LogP contribution in [0.3, 0.4) is 0 Å². The maximum absolute atomic E-state index is 14.5. The second kappa shape index (κ2) is 8.90. The molecule has 2 aromatic rings. The minimum atomic E-state index is -0.894. The van der Waals surface area contributed by atoms with Gasteiger partial charge in [-0.15, -0.1) is 0 Å². The number of nitrogens with one attached hydrogen (secondary N) is 1. The van der Waals surface area contributed by atoms with Crippen molar-refractivity contribution < 1.29 is 23.4 Å². The molecule has 1 saturated carbocycles. The summed E-state index contributed by atoms with van der Waals surface area (Å²) in [6, 6.07) is 6.00. The molecule has 0 spiro atoms. The Morgan fingerprint density at radius 2 is 2.04 bits per heavy atom. The van der Waals surface area contributed by atoms with Crippen LogP contribution < -0.4 is 10.1 Å². The second-order valence-corrected chi connectivity index (χ2v) is 6.62. The number of rotatable bonds is 9.